The van der Waals surface area contributed by atoms with Crippen LogP contribution < -0.4 is 5.32 Å². The van der Waals surface area contributed by atoms with E-state index in [-0.39, 0.29) is 5.78 Å². The molecule has 92 valence electrons. The van der Waals surface area contributed by atoms with Gasteiger partial charge in [0, 0.05) is 23.9 Å². The van der Waals surface area contributed by atoms with Crippen molar-refractivity contribution in [3.05, 3.63) is 60.3 Å². The van der Waals surface area contributed by atoms with Gasteiger partial charge in [-0.05, 0) is 24.6 Å². The number of allylic oxidation sites excluding steroid dienone is 1. The summed E-state index contributed by atoms with van der Waals surface area (Å²) >= 11 is 0. The first-order valence-corrected chi connectivity index (χ1v) is 6.13. The Morgan fingerprint density at radius 3 is 2.61 bits per heavy atom. The molecule has 2 heteroatoms. The zero-order valence-corrected chi connectivity index (χ0v) is 10.7. The number of hydrogen-bond acceptors (Lipinski definition) is 2. The summed E-state index contributed by atoms with van der Waals surface area (Å²) in [4.78, 5) is 12.1. The lowest BCUT2D eigenvalue weighted by atomic mass is 10.0. The van der Waals surface area contributed by atoms with E-state index < -0.39 is 0 Å². The predicted octanol–water partition coefficient (Wildman–Crippen LogP) is 3.53. The van der Waals surface area contributed by atoms with Crippen LogP contribution in [-0.2, 0) is 0 Å². The number of fused-ring (bicyclic) bond motifs is 1. The average Bonchev–Trinajstić information content (AvgIpc) is 2.37. The molecule has 0 saturated heterocycles. The maximum Gasteiger partial charge on any atom is 0.187 e. The summed E-state index contributed by atoms with van der Waals surface area (Å²) in [5, 5.41) is 5.18. The SMILES string of the molecule is CC(C)N/C=C\C(=O)c1cccc2ccccc12. The maximum absolute atomic E-state index is 12.1. The Morgan fingerprint density at radius 2 is 1.83 bits per heavy atom. The van der Waals surface area contributed by atoms with Crippen LogP contribution in [0.2, 0.25) is 0 Å². The minimum absolute atomic E-state index is 0.0277. The zero-order valence-electron chi connectivity index (χ0n) is 10.7. The van der Waals surface area contributed by atoms with Crippen molar-refractivity contribution in [1.82, 2.24) is 5.32 Å². The molecule has 0 unspecified atom stereocenters. The Kier molecular flexibility index (Phi) is 3.78. The van der Waals surface area contributed by atoms with E-state index in [9.17, 15) is 4.79 Å². The molecule has 0 saturated carbocycles. The minimum atomic E-state index is 0.0277. The van der Waals surface area contributed by atoms with Gasteiger partial charge in [-0.1, -0.05) is 42.5 Å². The van der Waals surface area contributed by atoms with Gasteiger partial charge < -0.3 is 5.32 Å². The normalized spacial score (nSPS) is 11.3. The number of carbonyl (C=O) groups is 1. The molecule has 0 aliphatic carbocycles. The van der Waals surface area contributed by atoms with Crippen LogP contribution in [0.3, 0.4) is 0 Å². The fourth-order valence-electron chi connectivity index (χ4n) is 1.85. The van der Waals surface area contributed by atoms with Gasteiger partial charge in [0.1, 0.15) is 0 Å². The van der Waals surface area contributed by atoms with Crippen LogP contribution in [0, 0.1) is 0 Å². The molecule has 0 aliphatic heterocycles. The number of hydrogen-bond donors (Lipinski definition) is 1. The molecule has 2 aromatic carbocycles. The molecule has 2 aromatic rings. The Morgan fingerprint density at radius 1 is 1.11 bits per heavy atom. The predicted molar refractivity (Wildman–Crippen MR) is 75.7 cm³/mol. The number of nitrogens with one attached hydrogen (secondary N) is 1. The van der Waals surface area contributed by atoms with Crippen LogP contribution in [-0.4, -0.2) is 11.8 Å². The fraction of sp³-hybridized carbons (Fsp3) is 0.188. The van der Waals surface area contributed by atoms with Crippen molar-refractivity contribution in [2.75, 3.05) is 0 Å². The number of ketones is 1. The van der Waals surface area contributed by atoms with Crippen molar-refractivity contribution in [1.29, 1.82) is 0 Å². The molecule has 0 amide bonds. The molecule has 0 fully saturated rings. The third-order valence-electron chi connectivity index (χ3n) is 2.72. The van der Waals surface area contributed by atoms with E-state index in [1.54, 1.807) is 12.3 Å². The lowest BCUT2D eigenvalue weighted by Crippen LogP contribution is -2.15. The third-order valence-corrected chi connectivity index (χ3v) is 2.72. The van der Waals surface area contributed by atoms with Crippen LogP contribution in [0.1, 0.15) is 24.2 Å². The van der Waals surface area contributed by atoms with Gasteiger partial charge in [-0.2, -0.15) is 0 Å². The van der Waals surface area contributed by atoms with E-state index >= 15 is 0 Å². The van der Waals surface area contributed by atoms with Crippen LogP contribution >= 0.6 is 0 Å². The second-order valence-electron chi connectivity index (χ2n) is 4.55. The lowest BCUT2D eigenvalue weighted by molar-refractivity contribution is 0.104. The summed E-state index contributed by atoms with van der Waals surface area (Å²) in [5.41, 5.74) is 0.745. The quantitative estimate of drug-likeness (QED) is 0.653. The molecule has 0 aromatic heterocycles. The van der Waals surface area contributed by atoms with Crippen LogP contribution in [0.4, 0.5) is 0 Å². The maximum atomic E-state index is 12.1. The molecule has 0 bridgehead atoms. The summed E-state index contributed by atoms with van der Waals surface area (Å²) in [6.45, 7) is 4.07. The van der Waals surface area contributed by atoms with Crippen molar-refractivity contribution in [2.45, 2.75) is 19.9 Å². The van der Waals surface area contributed by atoms with Gasteiger partial charge in [0.05, 0.1) is 0 Å². The van der Waals surface area contributed by atoms with Gasteiger partial charge in [0.15, 0.2) is 5.78 Å². The topological polar surface area (TPSA) is 29.1 Å². The Bertz CT molecular complexity index is 579. The first kappa shape index (κ1) is 12.4. The first-order valence-electron chi connectivity index (χ1n) is 6.13. The Hall–Kier alpha value is -2.09. The summed E-state index contributed by atoms with van der Waals surface area (Å²) in [7, 11) is 0. The van der Waals surface area contributed by atoms with Gasteiger partial charge in [-0.15, -0.1) is 0 Å². The molecule has 2 nitrogen and oxygen atoms in total. The molecule has 0 radical (unpaired) electrons. The highest BCUT2D eigenvalue weighted by molar-refractivity contribution is 6.13. The van der Waals surface area contributed by atoms with Crippen LogP contribution in [0.5, 0.6) is 0 Å². The first-order chi connectivity index (χ1) is 8.68. The van der Waals surface area contributed by atoms with Crippen LogP contribution in [0.15, 0.2) is 54.7 Å². The highest BCUT2D eigenvalue weighted by atomic mass is 16.1. The van der Waals surface area contributed by atoms with Gasteiger partial charge >= 0.3 is 0 Å². The molecular formula is C16H17NO. The van der Waals surface area contributed by atoms with E-state index in [0.29, 0.717) is 6.04 Å². The number of benzene rings is 2. The molecule has 0 heterocycles. The summed E-state index contributed by atoms with van der Waals surface area (Å²) in [6, 6.07) is 14.1. The third kappa shape index (κ3) is 2.77. The minimum Gasteiger partial charge on any atom is -0.389 e. The largest absolute Gasteiger partial charge is 0.389 e. The van der Waals surface area contributed by atoms with Crippen molar-refractivity contribution in [3.63, 3.8) is 0 Å². The van der Waals surface area contributed by atoms with Crippen molar-refractivity contribution in [3.8, 4) is 0 Å². The second-order valence-corrected chi connectivity index (χ2v) is 4.55. The van der Waals surface area contributed by atoms with Crippen molar-refractivity contribution < 1.29 is 4.79 Å². The van der Waals surface area contributed by atoms with E-state index in [1.165, 1.54) is 0 Å². The van der Waals surface area contributed by atoms with Crippen molar-refractivity contribution >= 4 is 16.6 Å². The standard InChI is InChI=1S/C16H17NO/c1-12(2)17-11-10-16(18)15-9-5-7-13-6-3-4-8-14(13)15/h3-12,17H,1-2H3/b11-10-. The molecule has 2 rings (SSSR count). The highest BCUT2D eigenvalue weighted by Gasteiger charge is 2.06. The monoisotopic (exact) mass is 239 g/mol. The second kappa shape index (κ2) is 5.50. The van der Waals surface area contributed by atoms with E-state index in [0.717, 1.165) is 16.3 Å². The van der Waals surface area contributed by atoms with Crippen molar-refractivity contribution in [2.24, 2.45) is 0 Å². The molecule has 0 spiro atoms. The Balaban J connectivity index is 2.31. The average molecular weight is 239 g/mol. The highest BCUT2D eigenvalue weighted by Crippen LogP contribution is 2.19. The summed E-state index contributed by atoms with van der Waals surface area (Å²) in [5.74, 6) is 0.0277. The Labute approximate surface area is 107 Å². The number of carbonyl (C=O) groups excluding carboxylic acids is 1. The summed E-state index contributed by atoms with van der Waals surface area (Å²) < 4.78 is 0. The zero-order chi connectivity index (χ0) is 13.0. The van der Waals surface area contributed by atoms with E-state index in [4.69, 9.17) is 0 Å². The van der Waals surface area contributed by atoms with Gasteiger partial charge in [-0.25, -0.2) is 0 Å². The van der Waals surface area contributed by atoms with Crippen LogP contribution in [0.25, 0.3) is 10.8 Å². The van der Waals surface area contributed by atoms with Gasteiger partial charge in [0.25, 0.3) is 0 Å². The summed E-state index contributed by atoms with van der Waals surface area (Å²) in [6.07, 6.45) is 3.30. The van der Waals surface area contributed by atoms with Gasteiger partial charge in [0.2, 0.25) is 0 Å². The molecule has 18 heavy (non-hydrogen) atoms. The van der Waals surface area contributed by atoms with E-state index in [2.05, 4.69) is 5.32 Å². The molecule has 0 aliphatic rings. The smallest absolute Gasteiger partial charge is 0.187 e. The fourth-order valence-corrected chi connectivity index (χ4v) is 1.85. The molecular weight excluding hydrogens is 222 g/mol. The lowest BCUT2D eigenvalue weighted by Gasteiger charge is -2.04. The van der Waals surface area contributed by atoms with Gasteiger partial charge in [-0.3, -0.25) is 4.79 Å². The number of rotatable bonds is 4. The van der Waals surface area contributed by atoms with E-state index in [1.807, 2.05) is 56.3 Å². The molecule has 0 atom stereocenters. The molecule has 1 N–H and O–H groups in total.